The molecular formula is C47H39FIN5O7. The molecule has 2 N–H and O–H groups in total. The van der Waals surface area contributed by atoms with Crippen molar-refractivity contribution in [3.8, 4) is 18.1 Å². The standard InChI is InChI=1S/C47H39FIN5O7/c1-4-45(60-41(57)32-19-11-6-12-20-32)42(59-40(56)31-17-9-5-10-18-31)46(48,29-49)61-43(45)54-30-53(2)37-38(54)50-44(51-39(37)55)52-47(33-21-13-7-14-22-33,34-23-15-8-16-24-34)35-25-27-36(58-3)28-26-35/h1,5-28,42-43H,29-30H2,2-3H3,(H2,50,51,52,55)/t42-,43+,45+,46+/m0/s1. The Kier molecular flexibility index (Phi) is 11.3. The Morgan fingerprint density at radius 1 is 0.885 bits per heavy atom. The minimum absolute atomic E-state index is 0.0322. The average Bonchev–Trinajstić information content (AvgIpc) is 3.76. The zero-order valence-corrected chi connectivity index (χ0v) is 35.1. The number of esters is 2. The number of carbonyl (C=O) groups is 2. The Morgan fingerprint density at radius 3 is 1.93 bits per heavy atom. The number of hydrogen-bond acceptors (Lipinski definition) is 11. The van der Waals surface area contributed by atoms with Crippen molar-refractivity contribution in [3.05, 3.63) is 184 Å². The Morgan fingerprint density at radius 2 is 1.41 bits per heavy atom. The predicted molar refractivity (Wildman–Crippen MR) is 237 cm³/mol. The molecule has 308 valence electrons. The molecule has 0 radical (unpaired) electrons. The fraction of sp³-hybridized carbons (Fsp3) is 0.191. The minimum Gasteiger partial charge on any atom is -0.497 e. The fourth-order valence-electron chi connectivity index (χ4n) is 7.89. The highest BCUT2D eigenvalue weighted by Gasteiger charge is 2.71. The van der Waals surface area contributed by atoms with E-state index in [1.807, 2.05) is 84.9 Å². The first-order chi connectivity index (χ1) is 29.6. The molecule has 0 amide bonds. The number of terminal acetylenes is 1. The van der Waals surface area contributed by atoms with E-state index in [2.05, 4.69) is 16.2 Å². The molecule has 4 atom stereocenters. The lowest BCUT2D eigenvalue weighted by Crippen LogP contribution is -2.59. The Bertz CT molecular complexity index is 2590. The molecule has 8 rings (SSSR count). The van der Waals surface area contributed by atoms with E-state index in [1.54, 1.807) is 78.0 Å². The van der Waals surface area contributed by atoms with E-state index in [-0.39, 0.29) is 35.2 Å². The summed E-state index contributed by atoms with van der Waals surface area (Å²) >= 11 is 1.77. The number of fused-ring (bicyclic) bond motifs is 1. The van der Waals surface area contributed by atoms with Gasteiger partial charge in [0.25, 0.3) is 17.0 Å². The number of halogens is 2. The summed E-state index contributed by atoms with van der Waals surface area (Å²) in [6.07, 6.45) is 2.66. The Labute approximate surface area is 364 Å². The van der Waals surface area contributed by atoms with Gasteiger partial charge < -0.3 is 34.1 Å². The van der Waals surface area contributed by atoms with Gasteiger partial charge in [0, 0.05) is 7.05 Å². The second kappa shape index (κ2) is 16.7. The lowest BCUT2D eigenvalue weighted by Gasteiger charge is -2.38. The van der Waals surface area contributed by atoms with Gasteiger partial charge >= 0.3 is 11.9 Å². The average molecular weight is 932 g/mol. The van der Waals surface area contributed by atoms with Crippen molar-refractivity contribution in [2.24, 2.45) is 0 Å². The number of alkyl halides is 2. The number of nitrogens with zero attached hydrogens (tertiary/aromatic N) is 3. The van der Waals surface area contributed by atoms with Crippen molar-refractivity contribution in [2.45, 2.75) is 29.3 Å². The van der Waals surface area contributed by atoms with E-state index in [0.29, 0.717) is 5.75 Å². The van der Waals surface area contributed by atoms with Crippen LogP contribution in [0.3, 0.4) is 0 Å². The zero-order valence-electron chi connectivity index (χ0n) is 33.0. The molecule has 6 aromatic rings. The highest BCUT2D eigenvalue weighted by atomic mass is 127. The van der Waals surface area contributed by atoms with Gasteiger partial charge in [-0.25, -0.2) is 14.0 Å². The summed E-state index contributed by atoms with van der Waals surface area (Å²) in [4.78, 5) is 52.9. The van der Waals surface area contributed by atoms with E-state index < -0.39 is 51.3 Å². The predicted octanol–water partition coefficient (Wildman–Crippen LogP) is 7.31. The topological polar surface area (TPSA) is 135 Å². The number of aromatic nitrogens is 2. The number of carbonyl (C=O) groups excluding carboxylic acids is 2. The molecule has 2 aliphatic rings. The maximum absolute atomic E-state index is 17.5. The lowest BCUT2D eigenvalue weighted by atomic mass is 9.77. The summed E-state index contributed by atoms with van der Waals surface area (Å²) in [6, 6.07) is 42.8. The van der Waals surface area contributed by atoms with Crippen molar-refractivity contribution in [2.75, 3.05) is 40.4 Å². The van der Waals surface area contributed by atoms with Gasteiger partial charge in [-0.1, -0.05) is 132 Å². The monoisotopic (exact) mass is 931 g/mol. The Hall–Kier alpha value is -6.70. The zero-order chi connectivity index (χ0) is 42.8. The molecule has 61 heavy (non-hydrogen) atoms. The molecule has 0 aliphatic carbocycles. The van der Waals surface area contributed by atoms with Crippen LogP contribution in [0.25, 0.3) is 0 Å². The molecule has 0 unspecified atom stereocenters. The molecule has 3 heterocycles. The number of methoxy groups -OCH3 is 1. The number of hydrogen-bond donors (Lipinski definition) is 2. The molecule has 2 aliphatic heterocycles. The molecule has 0 bridgehead atoms. The number of nitrogens with one attached hydrogen (secondary N) is 2. The van der Waals surface area contributed by atoms with Crippen LogP contribution in [0.5, 0.6) is 5.75 Å². The van der Waals surface area contributed by atoms with Crippen molar-refractivity contribution in [1.82, 2.24) is 9.97 Å². The van der Waals surface area contributed by atoms with E-state index >= 15 is 4.39 Å². The summed E-state index contributed by atoms with van der Waals surface area (Å²) in [5.74, 6) is -1.43. The van der Waals surface area contributed by atoms with E-state index in [1.165, 1.54) is 29.2 Å². The number of rotatable bonds is 12. The highest BCUT2D eigenvalue weighted by molar-refractivity contribution is 14.1. The maximum Gasteiger partial charge on any atom is 0.339 e. The molecule has 1 fully saturated rings. The van der Waals surface area contributed by atoms with Gasteiger partial charge in [0.05, 0.1) is 29.3 Å². The normalized spacial score (nSPS) is 20.6. The van der Waals surface area contributed by atoms with Gasteiger partial charge in [-0.05, 0) is 59.0 Å². The molecule has 1 saturated heterocycles. The quantitative estimate of drug-likeness (QED) is 0.0421. The third-order valence-electron chi connectivity index (χ3n) is 10.8. The molecular weight excluding hydrogens is 892 g/mol. The SMILES string of the molecule is C#C[C@]1(OC(=O)c2ccccc2)[C@H](N2CN(C)c3c2nc(NC(c2ccccc2)(c2ccccc2)c2ccc(OC)cc2)[nH]c3=O)O[C@](F)(CI)[C@H]1OC(=O)c1ccccc1. The molecule has 0 saturated carbocycles. The minimum atomic E-state index is -2.80. The fourth-order valence-corrected chi connectivity index (χ4v) is 8.47. The van der Waals surface area contributed by atoms with Gasteiger partial charge in [-0.2, -0.15) is 4.98 Å². The van der Waals surface area contributed by atoms with Crippen molar-refractivity contribution < 1.29 is 32.9 Å². The summed E-state index contributed by atoms with van der Waals surface area (Å²) in [6.45, 7) is -0.122. The second-order valence-electron chi connectivity index (χ2n) is 14.5. The van der Waals surface area contributed by atoms with Crippen LogP contribution < -0.4 is 25.4 Å². The number of anilines is 3. The van der Waals surface area contributed by atoms with Crippen LogP contribution in [0.2, 0.25) is 0 Å². The Balaban J connectivity index is 1.28. The first-order valence-electron chi connectivity index (χ1n) is 19.2. The smallest absolute Gasteiger partial charge is 0.339 e. The molecule has 0 spiro atoms. The van der Waals surface area contributed by atoms with Gasteiger partial charge in [-0.3, -0.25) is 9.78 Å². The first kappa shape index (κ1) is 41.1. The highest BCUT2D eigenvalue weighted by Crippen LogP contribution is 2.50. The van der Waals surface area contributed by atoms with Gasteiger partial charge in [-0.15, -0.1) is 6.42 Å². The summed E-state index contributed by atoms with van der Waals surface area (Å²) in [7, 11) is 3.24. The number of H-pyrrole nitrogens is 1. The van der Waals surface area contributed by atoms with E-state index in [9.17, 15) is 14.4 Å². The first-order valence-corrected chi connectivity index (χ1v) is 20.7. The molecule has 1 aromatic heterocycles. The number of benzene rings is 5. The van der Waals surface area contributed by atoms with Crippen LogP contribution in [0, 0.1) is 12.3 Å². The van der Waals surface area contributed by atoms with Gasteiger partial charge in [0.2, 0.25) is 12.1 Å². The maximum atomic E-state index is 17.5. The number of aromatic amines is 1. The van der Waals surface area contributed by atoms with Gasteiger partial charge in [0.15, 0.2) is 12.0 Å². The van der Waals surface area contributed by atoms with Crippen LogP contribution in [0.15, 0.2) is 150 Å². The summed E-state index contributed by atoms with van der Waals surface area (Å²) in [5, 5.41) is 3.58. The van der Waals surface area contributed by atoms with Crippen LogP contribution in [-0.4, -0.2) is 70.9 Å². The van der Waals surface area contributed by atoms with Crippen LogP contribution >= 0.6 is 22.6 Å². The van der Waals surface area contributed by atoms with Crippen LogP contribution in [0.1, 0.15) is 37.4 Å². The summed E-state index contributed by atoms with van der Waals surface area (Å²) < 4.78 is 41.0. The molecule has 12 nitrogen and oxygen atoms in total. The summed E-state index contributed by atoms with van der Waals surface area (Å²) in [5.41, 5.74) is -1.40. The van der Waals surface area contributed by atoms with E-state index in [0.717, 1.165) is 16.7 Å². The van der Waals surface area contributed by atoms with Crippen molar-refractivity contribution >= 4 is 52.0 Å². The van der Waals surface area contributed by atoms with Crippen molar-refractivity contribution in [3.63, 3.8) is 0 Å². The number of ether oxygens (including phenoxy) is 4. The third-order valence-corrected chi connectivity index (χ3v) is 11.8. The van der Waals surface area contributed by atoms with Crippen molar-refractivity contribution in [1.29, 1.82) is 0 Å². The third kappa shape index (κ3) is 7.33. The van der Waals surface area contributed by atoms with Gasteiger partial charge in [0.1, 0.15) is 17.0 Å². The molecule has 14 heteroatoms. The van der Waals surface area contributed by atoms with E-state index in [4.69, 9.17) is 30.4 Å². The molecule has 5 aromatic carbocycles. The van der Waals surface area contributed by atoms with Crippen LogP contribution in [0.4, 0.5) is 21.8 Å². The van der Waals surface area contributed by atoms with Crippen LogP contribution in [-0.2, 0) is 19.7 Å². The second-order valence-corrected chi connectivity index (χ2v) is 15.2. The lowest BCUT2D eigenvalue weighted by molar-refractivity contribution is -0.156. The largest absolute Gasteiger partial charge is 0.497 e.